The third-order valence-corrected chi connectivity index (χ3v) is 4.46. The van der Waals surface area contributed by atoms with Gasteiger partial charge >= 0.3 is 0 Å². The molecule has 128 valence electrons. The van der Waals surface area contributed by atoms with Crippen LogP contribution in [0.4, 0.5) is 5.82 Å². The van der Waals surface area contributed by atoms with Crippen LogP contribution < -0.4 is 11.5 Å². The number of aromatic amines is 1. The smallest absolute Gasteiger partial charge is 0.171 e. The lowest BCUT2D eigenvalue weighted by atomic mass is 10.1. The molecule has 2 aromatic heterocycles. The first-order chi connectivity index (χ1) is 11.6. The Hall–Kier alpha value is -2.57. The van der Waals surface area contributed by atoms with Crippen LogP contribution in [0.25, 0.3) is 6.08 Å². The van der Waals surface area contributed by atoms with Gasteiger partial charge in [-0.25, -0.2) is 0 Å². The SMILES string of the molecule is Cc1c(C2CC2)[nH]c(N)c1/C=C(\N)CCCCn1cc(C=O)nn1. The van der Waals surface area contributed by atoms with E-state index in [9.17, 15) is 4.79 Å². The maximum atomic E-state index is 10.6. The number of carbonyl (C=O) groups is 1. The highest BCUT2D eigenvalue weighted by molar-refractivity contribution is 5.70. The Bertz CT molecular complexity index is 753. The van der Waals surface area contributed by atoms with Gasteiger partial charge in [0.15, 0.2) is 6.29 Å². The molecule has 0 aromatic carbocycles. The fourth-order valence-corrected chi connectivity index (χ4v) is 2.96. The Labute approximate surface area is 141 Å². The van der Waals surface area contributed by atoms with Crippen LogP contribution in [0.5, 0.6) is 0 Å². The number of unbranched alkanes of at least 4 members (excludes halogenated alkanes) is 1. The summed E-state index contributed by atoms with van der Waals surface area (Å²) in [4.78, 5) is 13.9. The number of nitrogen functional groups attached to an aromatic ring is 1. The molecule has 2 heterocycles. The number of carbonyl (C=O) groups excluding carboxylic acids is 1. The minimum absolute atomic E-state index is 0.360. The van der Waals surface area contributed by atoms with E-state index in [-0.39, 0.29) is 0 Å². The molecule has 0 aliphatic heterocycles. The maximum absolute atomic E-state index is 10.6. The summed E-state index contributed by atoms with van der Waals surface area (Å²) in [5, 5.41) is 7.63. The van der Waals surface area contributed by atoms with Crippen LogP contribution >= 0.6 is 0 Å². The standard InChI is InChI=1S/C17H24N6O/c1-11-15(17(19)20-16(11)12-5-6-12)8-13(18)4-2-3-7-23-9-14(10-24)21-22-23/h8-10,12,20H,2-7,18-19H2,1H3/b13-8-. The molecule has 1 aliphatic carbocycles. The second kappa shape index (κ2) is 6.90. The quantitative estimate of drug-likeness (QED) is 0.508. The summed E-state index contributed by atoms with van der Waals surface area (Å²) in [6.45, 7) is 2.83. The van der Waals surface area contributed by atoms with Crippen molar-refractivity contribution in [2.24, 2.45) is 5.73 Å². The number of rotatable bonds is 8. The van der Waals surface area contributed by atoms with Crippen LogP contribution in [0.2, 0.25) is 0 Å². The second-order valence-electron chi connectivity index (χ2n) is 6.47. The number of anilines is 1. The van der Waals surface area contributed by atoms with Gasteiger partial charge in [-0.2, -0.15) is 0 Å². The lowest BCUT2D eigenvalue weighted by Crippen LogP contribution is -2.02. The van der Waals surface area contributed by atoms with E-state index in [1.807, 2.05) is 6.08 Å². The van der Waals surface area contributed by atoms with Crippen LogP contribution in [-0.4, -0.2) is 26.3 Å². The van der Waals surface area contributed by atoms with Gasteiger partial charge in [0, 0.05) is 23.5 Å². The number of H-pyrrole nitrogens is 1. The van der Waals surface area contributed by atoms with Gasteiger partial charge in [-0.15, -0.1) is 5.10 Å². The molecular formula is C17H24N6O. The van der Waals surface area contributed by atoms with E-state index in [1.165, 1.54) is 24.1 Å². The van der Waals surface area contributed by atoms with Gasteiger partial charge in [0.05, 0.1) is 6.20 Å². The average Bonchev–Trinajstić information content (AvgIpc) is 3.24. The van der Waals surface area contributed by atoms with Crippen molar-refractivity contribution in [1.29, 1.82) is 0 Å². The molecular weight excluding hydrogens is 304 g/mol. The Kier molecular flexibility index (Phi) is 4.69. The fourth-order valence-electron chi connectivity index (χ4n) is 2.96. The maximum Gasteiger partial charge on any atom is 0.171 e. The van der Waals surface area contributed by atoms with Gasteiger partial charge in [0.2, 0.25) is 0 Å². The van der Waals surface area contributed by atoms with E-state index in [0.29, 0.717) is 23.7 Å². The first-order valence-electron chi connectivity index (χ1n) is 8.37. The number of nitrogens with one attached hydrogen (secondary N) is 1. The summed E-state index contributed by atoms with van der Waals surface area (Å²) in [7, 11) is 0. The van der Waals surface area contributed by atoms with Gasteiger partial charge < -0.3 is 16.5 Å². The summed E-state index contributed by atoms with van der Waals surface area (Å²) >= 11 is 0. The van der Waals surface area contributed by atoms with Gasteiger partial charge in [-0.05, 0) is 56.6 Å². The molecule has 3 rings (SSSR count). The molecule has 0 saturated heterocycles. The van der Waals surface area contributed by atoms with Crippen LogP contribution in [-0.2, 0) is 6.54 Å². The monoisotopic (exact) mass is 328 g/mol. The molecule has 1 fully saturated rings. The number of hydrogen-bond donors (Lipinski definition) is 3. The second-order valence-corrected chi connectivity index (χ2v) is 6.47. The van der Waals surface area contributed by atoms with Crippen molar-refractivity contribution in [2.75, 3.05) is 5.73 Å². The number of hydrogen-bond acceptors (Lipinski definition) is 5. The average molecular weight is 328 g/mol. The van der Waals surface area contributed by atoms with Crippen molar-refractivity contribution in [3.63, 3.8) is 0 Å². The summed E-state index contributed by atoms with van der Waals surface area (Å²) in [5.41, 5.74) is 17.0. The van der Waals surface area contributed by atoms with Crippen LogP contribution in [0, 0.1) is 6.92 Å². The van der Waals surface area contributed by atoms with E-state index in [2.05, 4.69) is 22.2 Å². The molecule has 7 heteroatoms. The Morgan fingerprint density at radius 3 is 2.92 bits per heavy atom. The van der Waals surface area contributed by atoms with Crippen molar-refractivity contribution in [3.05, 3.63) is 34.4 Å². The van der Waals surface area contributed by atoms with E-state index >= 15 is 0 Å². The highest BCUT2D eigenvalue weighted by Gasteiger charge is 2.28. The molecule has 0 atom stereocenters. The topological polar surface area (TPSA) is 116 Å². The minimum Gasteiger partial charge on any atom is -0.402 e. The number of nitrogens with zero attached hydrogens (tertiary/aromatic N) is 3. The lowest BCUT2D eigenvalue weighted by Gasteiger charge is -2.03. The zero-order valence-corrected chi connectivity index (χ0v) is 14.0. The predicted octanol–water partition coefficient (Wildman–Crippen LogP) is 2.36. The molecule has 24 heavy (non-hydrogen) atoms. The summed E-state index contributed by atoms with van der Waals surface area (Å²) in [6, 6.07) is 0. The van der Waals surface area contributed by atoms with Crippen molar-refractivity contribution in [1.82, 2.24) is 20.0 Å². The van der Waals surface area contributed by atoms with E-state index in [1.54, 1.807) is 10.9 Å². The number of nitrogens with two attached hydrogens (primary N) is 2. The molecule has 0 amide bonds. The number of allylic oxidation sites excluding steroid dienone is 1. The Morgan fingerprint density at radius 2 is 2.25 bits per heavy atom. The molecule has 7 nitrogen and oxygen atoms in total. The van der Waals surface area contributed by atoms with Crippen molar-refractivity contribution < 1.29 is 4.79 Å². The highest BCUT2D eigenvalue weighted by atomic mass is 16.1. The minimum atomic E-state index is 0.360. The molecule has 5 N–H and O–H groups in total. The predicted molar refractivity (Wildman–Crippen MR) is 93.3 cm³/mol. The van der Waals surface area contributed by atoms with E-state index < -0.39 is 0 Å². The van der Waals surface area contributed by atoms with Gasteiger partial charge in [0.1, 0.15) is 11.5 Å². The molecule has 1 aliphatic rings. The largest absolute Gasteiger partial charge is 0.402 e. The molecule has 0 spiro atoms. The fraction of sp³-hybridized carbons (Fsp3) is 0.471. The normalized spacial score (nSPS) is 15.0. The number of aryl methyl sites for hydroxylation is 1. The third-order valence-electron chi connectivity index (χ3n) is 4.46. The number of aromatic nitrogens is 4. The third kappa shape index (κ3) is 3.67. The Balaban J connectivity index is 1.52. The first kappa shape index (κ1) is 16.3. The Morgan fingerprint density at radius 1 is 1.46 bits per heavy atom. The van der Waals surface area contributed by atoms with Crippen LogP contribution in [0.3, 0.4) is 0 Å². The molecule has 0 bridgehead atoms. The van der Waals surface area contributed by atoms with Crippen molar-refractivity contribution in [3.8, 4) is 0 Å². The van der Waals surface area contributed by atoms with Crippen LogP contribution in [0.1, 0.15) is 65.3 Å². The summed E-state index contributed by atoms with van der Waals surface area (Å²) in [6.07, 6.45) is 9.49. The molecule has 0 radical (unpaired) electrons. The summed E-state index contributed by atoms with van der Waals surface area (Å²) in [5.74, 6) is 1.36. The van der Waals surface area contributed by atoms with E-state index in [4.69, 9.17) is 11.5 Å². The zero-order chi connectivity index (χ0) is 17.1. The van der Waals surface area contributed by atoms with Crippen LogP contribution in [0.15, 0.2) is 11.9 Å². The van der Waals surface area contributed by atoms with Crippen molar-refractivity contribution in [2.45, 2.75) is 51.5 Å². The number of aldehydes is 1. The first-order valence-corrected chi connectivity index (χ1v) is 8.37. The summed E-state index contributed by atoms with van der Waals surface area (Å²) < 4.78 is 1.68. The molecule has 0 unspecified atom stereocenters. The lowest BCUT2D eigenvalue weighted by molar-refractivity contribution is 0.111. The van der Waals surface area contributed by atoms with Gasteiger partial charge in [-0.3, -0.25) is 9.48 Å². The zero-order valence-electron chi connectivity index (χ0n) is 14.0. The molecule has 2 aromatic rings. The van der Waals surface area contributed by atoms with Crippen molar-refractivity contribution >= 4 is 18.2 Å². The van der Waals surface area contributed by atoms with Gasteiger partial charge in [0.25, 0.3) is 0 Å². The highest BCUT2D eigenvalue weighted by Crippen LogP contribution is 2.43. The molecule has 1 saturated carbocycles. The van der Waals surface area contributed by atoms with E-state index in [0.717, 1.165) is 37.1 Å². The van der Waals surface area contributed by atoms with Gasteiger partial charge in [-0.1, -0.05) is 5.21 Å².